The van der Waals surface area contributed by atoms with Crippen molar-refractivity contribution in [3.05, 3.63) is 54.1 Å². The average molecular weight is 417 g/mol. The van der Waals surface area contributed by atoms with E-state index < -0.39 is 12.2 Å². The number of aliphatic hydroxyl groups is 1. The van der Waals surface area contributed by atoms with Gasteiger partial charge < -0.3 is 29.4 Å². The van der Waals surface area contributed by atoms with Crippen LogP contribution in [0.15, 0.2) is 53.4 Å². The lowest BCUT2D eigenvalue weighted by atomic mass is 9.87. The maximum Gasteiger partial charge on any atom is 0.137 e. The molecule has 7 heteroatoms. The average Bonchev–Trinajstić information content (AvgIpc) is 2.74. The van der Waals surface area contributed by atoms with E-state index in [-0.39, 0.29) is 12.5 Å². The second-order valence-electron chi connectivity index (χ2n) is 6.94. The van der Waals surface area contributed by atoms with Gasteiger partial charge in [-0.2, -0.15) is 0 Å². The molecule has 1 aliphatic heterocycles. The van der Waals surface area contributed by atoms with Crippen LogP contribution in [0.2, 0.25) is 0 Å². The van der Waals surface area contributed by atoms with Crippen LogP contribution in [0.4, 0.5) is 4.79 Å². The van der Waals surface area contributed by atoms with Crippen LogP contribution in [0.5, 0.6) is 11.5 Å². The van der Waals surface area contributed by atoms with Gasteiger partial charge in [-0.05, 0) is 42.7 Å². The van der Waals surface area contributed by atoms with Crippen molar-refractivity contribution in [2.75, 3.05) is 32.6 Å². The van der Waals surface area contributed by atoms with Crippen molar-refractivity contribution in [1.82, 2.24) is 4.90 Å². The fourth-order valence-electron chi connectivity index (χ4n) is 3.47. The number of aliphatic hydroxyl groups excluding tert-OH is 1. The van der Waals surface area contributed by atoms with E-state index in [1.165, 1.54) is 0 Å². The van der Waals surface area contributed by atoms with Crippen LogP contribution in [0.25, 0.3) is 0 Å². The highest BCUT2D eigenvalue weighted by molar-refractivity contribution is 7.99. The molecule has 1 saturated heterocycles. The van der Waals surface area contributed by atoms with E-state index in [1.54, 1.807) is 18.9 Å². The van der Waals surface area contributed by atoms with Crippen molar-refractivity contribution < 1.29 is 24.5 Å². The zero-order chi connectivity index (χ0) is 20.6. The number of carbonyl (C=O) groups is 1. The molecule has 2 aromatic carbocycles. The van der Waals surface area contributed by atoms with Crippen molar-refractivity contribution in [2.45, 2.75) is 29.8 Å². The third-order valence-electron chi connectivity index (χ3n) is 5.03. The highest BCUT2D eigenvalue weighted by Gasteiger charge is 2.28. The van der Waals surface area contributed by atoms with E-state index in [1.807, 2.05) is 42.5 Å². The summed E-state index contributed by atoms with van der Waals surface area (Å²) in [5.74, 6) is 2.54. The molecule has 1 fully saturated rings. The van der Waals surface area contributed by atoms with Gasteiger partial charge in [0.1, 0.15) is 17.6 Å². The monoisotopic (exact) mass is 416 g/mol. The normalized spacial score (nSPS) is 19.0. The predicted octanol–water partition coefficient (Wildman–Crippen LogP) is 2.75. The number of nitrogens with zero attached hydrogens (tertiary/aromatic N) is 1. The van der Waals surface area contributed by atoms with Crippen LogP contribution < -0.4 is 14.6 Å². The molecule has 1 amide bonds. The van der Waals surface area contributed by atoms with E-state index in [0.29, 0.717) is 19.6 Å². The summed E-state index contributed by atoms with van der Waals surface area (Å²) in [6, 6.07) is 15.7. The number of likely N-dealkylation sites (tertiary alicyclic amines) is 1. The standard InChI is InChI=1S/C22H27NO5S/c1-27-20-5-2-3-6-21(20)29-14-4-13-28-17-9-7-16(8-10-17)18-11-12-23(22(25)26)15-19(18)24/h2-3,5-10,18-19,24H,4,11-15H2,1H3,(H,25,26)/p-1. The maximum absolute atomic E-state index is 10.9. The smallest absolute Gasteiger partial charge is 0.137 e. The Morgan fingerprint density at radius 3 is 2.69 bits per heavy atom. The quantitative estimate of drug-likeness (QED) is 0.526. The number of para-hydroxylation sites is 1. The predicted molar refractivity (Wildman–Crippen MR) is 111 cm³/mol. The van der Waals surface area contributed by atoms with E-state index >= 15 is 0 Å². The molecule has 1 aliphatic rings. The summed E-state index contributed by atoms with van der Waals surface area (Å²) < 4.78 is 11.2. The highest BCUT2D eigenvalue weighted by atomic mass is 32.2. The number of ether oxygens (including phenoxy) is 2. The molecular formula is C22H26NO5S-. The number of rotatable bonds is 8. The van der Waals surface area contributed by atoms with Crippen molar-refractivity contribution in [3.63, 3.8) is 0 Å². The minimum Gasteiger partial charge on any atom is -0.530 e. The molecule has 156 valence electrons. The Kier molecular flexibility index (Phi) is 7.66. The van der Waals surface area contributed by atoms with E-state index in [2.05, 4.69) is 6.07 Å². The van der Waals surface area contributed by atoms with Crippen LogP contribution >= 0.6 is 11.8 Å². The van der Waals surface area contributed by atoms with Gasteiger partial charge in [0, 0.05) is 29.7 Å². The molecule has 3 rings (SSSR count). The zero-order valence-corrected chi connectivity index (χ0v) is 17.3. The fourth-order valence-corrected chi connectivity index (χ4v) is 4.42. The molecule has 0 bridgehead atoms. The van der Waals surface area contributed by atoms with Gasteiger partial charge in [0.25, 0.3) is 0 Å². The molecular weight excluding hydrogens is 390 g/mol. The Bertz CT molecular complexity index is 798. The summed E-state index contributed by atoms with van der Waals surface area (Å²) >= 11 is 1.75. The topological polar surface area (TPSA) is 82.1 Å². The molecule has 6 nitrogen and oxygen atoms in total. The number of hydrogen-bond donors (Lipinski definition) is 1. The van der Waals surface area contributed by atoms with Crippen LogP contribution in [-0.2, 0) is 0 Å². The third kappa shape index (κ3) is 5.81. The Hall–Kier alpha value is -2.38. The van der Waals surface area contributed by atoms with Gasteiger partial charge >= 0.3 is 0 Å². The molecule has 0 spiro atoms. The molecule has 1 N–H and O–H groups in total. The van der Waals surface area contributed by atoms with Gasteiger partial charge in [-0.1, -0.05) is 24.3 Å². The Morgan fingerprint density at radius 2 is 2.00 bits per heavy atom. The SMILES string of the molecule is COc1ccccc1SCCCOc1ccc(C2CCN(C(=O)[O-])CC2O)cc1. The number of piperidine rings is 1. The second-order valence-corrected chi connectivity index (χ2v) is 8.08. The maximum atomic E-state index is 10.9. The first-order valence-electron chi connectivity index (χ1n) is 9.71. The molecule has 2 unspecified atom stereocenters. The molecule has 1 heterocycles. The Labute approximate surface area is 175 Å². The van der Waals surface area contributed by atoms with Crippen LogP contribution in [0.3, 0.4) is 0 Å². The molecule has 0 aromatic heterocycles. The lowest BCUT2D eigenvalue weighted by Crippen LogP contribution is -2.50. The first-order chi connectivity index (χ1) is 14.1. The number of thioether (sulfide) groups is 1. The van der Waals surface area contributed by atoms with Gasteiger partial charge in [0.2, 0.25) is 0 Å². The lowest BCUT2D eigenvalue weighted by molar-refractivity contribution is -0.268. The Balaban J connectivity index is 1.42. The van der Waals surface area contributed by atoms with Gasteiger partial charge in [-0.3, -0.25) is 0 Å². The fraction of sp³-hybridized carbons (Fsp3) is 0.409. The van der Waals surface area contributed by atoms with Gasteiger partial charge in [-0.25, -0.2) is 0 Å². The van der Waals surface area contributed by atoms with E-state index in [4.69, 9.17) is 9.47 Å². The number of amides is 1. The van der Waals surface area contributed by atoms with Crippen molar-refractivity contribution in [2.24, 2.45) is 0 Å². The van der Waals surface area contributed by atoms with Crippen LogP contribution in [0, 0.1) is 0 Å². The van der Waals surface area contributed by atoms with Crippen LogP contribution in [-0.4, -0.2) is 54.8 Å². The first kappa shape index (κ1) is 21.3. The molecule has 0 saturated carbocycles. The summed E-state index contributed by atoms with van der Waals surface area (Å²) in [5, 5.41) is 21.2. The summed E-state index contributed by atoms with van der Waals surface area (Å²) in [6.07, 6.45) is -0.462. The van der Waals surface area contributed by atoms with Crippen molar-refractivity contribution in [3.8, 4) is 11.5 Å². The Morgan fingerprint density at radius 1 is 1.24 bits per heavy atom. The minimum atomic E-state index is -1.23. The summed E-state index contributed by atoms with van der Waals surface area (Å²) in [7, 11) is 1.68. The molecule has 0 aliphatic carbocycles. The summed E-state index contributed by atoms with van der Waals surface area (Å²) in [5.41, 5.74) is 0.995. The number of β-amino-alcohol motifs (C(OH)–C–C–N with tert-alkyl or cyclic N) is 1. The summed E-state index contributed by atoms with van der Waals surface area (Å²) in [6.45, 7) is 1.09. The van der Waals surface area contributed by atoms with Crippen molar-refractivity contribution >= 4 is 17.9 Å². The van der Waals surface area contributed by atoms with Crippen molar-refractivity contribution in [1.29, 1.82) is 0 Å². The number of carboxylic acid groups (broad SMARTS) is 1. The second kappa shape index (κ2) is 10.4. The van der Waals surface area contributed by atoms with Gasteiger partial charge in [0.15, 0.2) is 0 Å². The minimum absolute atomic E-state index is 0.0723. The largest absolute Gasteiger partial charge is 0.530 e. The lowest BCUT2D eigenvalue weighted by Gasteiger charge is -2.37. The van der Waals surface area contributed by atoms with Gasteiger partial charge in [0.05, 0.1) is 19.8 Å². The molecule has 29 heavy (non-hydrogen) atoms. The number of hydrogen-bond acceptors (Lipinski definition) is 6. The van der Waals surface area contributed by atoms with E-state index in [9.17, 15) is 15.0 Å². The summed E-state index contributed by atoms with van der Waals surface area (Å²) in [4.78, 5) is 13.2. The molecule has 2 aromatic rings. The first-order valence-corrected chi connectivity index (χ1v) is 10.7. The molecule has 2 atom stereocenters. The highest BCUT2D eigenvalue weighted by Crippen LogP contribution is 2.30. The number of carbonyl (C=O) groups excluding carboxylic acids is 1. The number of methoxy groups -OCH3 is 1. The third-order valence-corrected chi connectivity index (χ3v) is 6.17. The number of benzene rings is 2. The zero-order valence-electron chi connectivity index (χ0n) is 16.5. The van der Waals surface area contributed by atoms with E-state index in [0.717, 1.165) is 39.0 Å². The van der Waals surface area contributed by atoms with Gasteiger partial charge in [-0.15, -0.1) is 11.8 Å². The molecule has 0 radical (unpaired) electrons. The van der Waals surface area contributed by atoms with Crippen LogP contribution in [0.1, 0.15) is 24.3 Å².